The first-order valence-electron chi connectivity index (χ1n) is 9.02. The van der Waals surface area contributed by atoms with Crippen molar-refractivity contribution in [1.82, 2.24) is 19.9 Å². The van der Waals surface area contributed by atoms with E-state index >= 15 is 0 Å². The molecule has 1 aromatic carbocycles. The number of nitrogens with zero attached hydrogens (tertiary/aromatic N) is 2. The van der Waals surface area contributed by atoms with Crippen molar-refractivity contribution in [1.29, 1.82) is 0 Å². The smallest absolute Gasteiger partial charge is 0.272 e. The van der Waals surface area contributed by atoms with Crippen molar-refractivity contribution < 1.29 is 0 Å². The highest BCUT2D eigenvalue weighted by molar-refractivity contribution is 5.61. The van der Waals surface area contributed by atoms with E-state index in [1.54, 1.807) is 42.8 Å². The van der Waals surface area contributed by atoms with Gasteiger partial charge in [0.25, 0.3) is 11.1 Å². The molecule has 3 N–H and O–H groups in total. The van der Waals surface area contributed by atoms with Crippen LogP contribution in [0.5, 0.6) is 0 Å². The number of nitrogens with one attached hydrogen (secondary N) is 3. The SMILES string of the molecule is [C-]#[N+]c1cccc(/C=C/C=c2\[nH]c(=O)/c(=C/c3nc[nH]c3C(C)(C)C)[nH]c2=O)c1. The summed E-state index contributed by atoms with van der Waals surface area (Å²) < 4.78 is 0. The van der Waals surface area contributed by atoms with Crippen LogP contribution in [0.15, 0.2) is 46.3 Å². The minimum absolute atomic E-state index is 0.137. The monoisotopic (exact) mass is 387 g/mol. The summed E-state index contributed by atoms with van der Waals surface area (Å²) in [5.74, 6) is 0. The van der Waals surface area contributed by atoms with Crippen LogP contribution in [0.2, 0.25) is 0 Å². The van der Waals surface area contributed by atoms with Gasteiger partial charge in [0.15, 0.2) is 5.69 Å². The average molecular weight is 387 g/mol. The van der Waals surface area contributed by atoms with Crippen molar-refractivity contribution in [3.63, 3.8) is 0 Å². The zero-order chi connectivity index (χ0) is 21.0. The zero-order valence-electron chi connectivity index (χ0n) is 16.4. The summed E-state index contributed by atoms with van der Waals surface area (Å²) in [6.07, 6.45) is 8.05. The predicted molar refractivity (Wildman–Crippen MR) is 114 cm³/mol. The van der Waals surface area contributed by atoms with Gasteiger partial charge in [0.05, 0.1) is 18.6 Å². The topological polar surface area (TPSA) is 98.8 Å². The lowest BCUT2D eigenvalue weighted by Crippen LogP contribution is -2.46. The molecule has 7 nitrogen and oxygen atoms in total. The Kier molecular flexibility index (Phi) is 5.46. The van der Waals surface area contributed by atoms with Crippen LogP contribution in [0.25, 0.3) is 23.1 Å². The van der Waals surface area contributed by atoms with Gasteiger partial charge < -0.3 is 15.0 Å². The van der Waals surface area contributed by atoms with Crippen molar-refractivity contribution in [2.24, 2.45) is 0 Å². The van der Waals surface area contributed by atoms with E-state index in [2.05, 4.69) is 24.8 Å². The molecule has 0 aliphatic rings. The minimum atomic E-state index is -0.415. The lowest BCUT2D eigenvalue weighted by molar-refractivity contribution is 0.571. The van der Waals surface area contributed by atoms with Gasteiger partial charge in [-0.15, -0.1) is 0 Å². The fraction of sp³-hybridized carbons (Fsp3) is 0.182. The minimum Gasteiger partial charge on any atom is -0.348 e. The fourth-order valence-electron chi connectivity index (χ4n) is 2.82. The first kappa shape index (κ1) is 19.8. The zero-order valence-corrected chi connectivity index (χ0v) is 16.4. The van der Waals surface area contributed by atoms with E-state index in [0.29, 0.717) is 11.4 Å². The molecule has 0 aliphatic carbocycles. The Bertz CT molecular complexity index is 1340. The van der Waals surface area contributed by atoms with E-state index in [1.807, 2.05) is 26.8 Å². The van der Waals surface area contributed by atoms with E-state index in [9.17, 15) is 9.59 Å². The largest absolute Gasteiger partial charge is 0.348 e. The number of hydrogen-bond donors (Lipinski definition) is 3. The van der Waals surface area contributed by atoms with Crippen LogP contribution in [0.1, 0.15) is 37.7 Å². The summed E-state index contributed by atoms with van der Waals surface area (Å²) in [6, 6.07) is 7.09. The highest BCUT2D eigenvalue weighted by Gasteiger charge is 2.19. The van der Waals surface area contributed by atoms with E-state index in [1.165, 1.54) is 6.08 Å². The molecule has 0 saturated carbocycles. The second kappa shape index (κ2) is 7.98. The lowest BCUT2D eigenvalue weighted by Gasteiger charge is -2.16. The summed E-state index contributed by atoms with van der Waals surface area (Å²) in [6.45, 7) is 13.1. The van der Waals surface area contributed by atoms with Crippen LogP contribution in [0.3, 0.4) is 0 Å². The van der Waals surface area contributed by atoms with Gasteiger partial charge in [-0.05, 0) is 23.8 Å². The molecule has 2 aromatic heterocycles. The number of aromatic amines is 3. The van der Waals surface area contributed by atoms with Crippen LogP contribution in [0.4, 0.5) is 5.69 Å². The quantitative estimate of drug-likeness (QED) is 0.599. The Balaban J connectivity index is 1.98. The Morgan fingerprint density at radius 1 is 1.10 bits per heavy atom. The molecule has 0 saturated heterocycles. The molecule has 2 heterocycles. The van der Waals surface area contributed by atoms with Gasteiger partial charge in [0, 0.05) is 11.1 Å². The molecule has 0 aliphatic heterocycles. The van der Waals surface area contributed by atoms with Crippen LogP contribution in [-0.4, -0.2) is 19.9 Å². The third kappa shape index (κ3) is 4.68. The van der Waals surface area contributed by atoms with Crippen LogP contribution in [0, 0.1) is 6.57 Å². The molecule has 146 valence electrons. The van der Waals surface area contributed by atoms with Gasteiger partial charge in [-0.25, -0.2) is 9.83 Å². The maximum absolute atomic E-state index is 12.4. The van der Waals surface area contributed by atoms with Crippen molar-refractivity contribution in [2.45, 2.75) is 26.2 Å². The summed E-state index contributed by atoms with van der Waals surface area (Å²) in [4.78, 5) is 40.7. The number of benzene rings is 1. The highest BCUT2D eigenvalue weighted by atomic mass is 16.1. The molecule has 0 fully saturated rings. The first-order valence-corrected chi connectivity index (χ1v) is 9.02. The van der Waals surface area contributed by atoms with Crippen LogP contribution < -0.4 is 21.8 Å². The first-order chi connectivity index (χ1) is 13.8. The highest BCUT2D eigenvalue weighted by Crippen LogP contribution is 2.22. The molecule has 0 radical (unpaired) electrons. The maximum atomic E-state index is 12.4. The fourth-order valence-corrected chi connectivity index (χ4v) is 2.82. The van der Waals surface area contributed by atoms with Crippen LogP contribution in [-0.2, 0) is 5.41 Å². The molecule has 0 amide bonds. The maximum Gasteiger partial charge on any atom is 0.272 e. The van der Waals surface area contributed by atoms with Crippen LogP contribution >= 0.6 is 0 Å². The van der Waals surface area contributed by atoms with E-state index < -0.39 is 11.1 Å². The Labute approximate surface area is 167 Å². The van der Waals surface area contributed by atoms with Crippen molar-refractivity contribution in [3.8, 4) is 0 Å². The van der Waals surface area contributed by atoms with Gasteiger partial charge in [0.2, 0.25) is 0 Å². The molecule has 0 atom stereocenters. The third-order valence-corrected chi connectivity index (χ3v) is 4.24. The third-order valence-electron chi connectivity index (χ3n) is 4.24. The number of rotatable bonds is 3. The van der Waals surface area contributed by atoms with Gasteiger partial charge >= 0.3 is 0 Å². The predicted octanol–water partition coefficient (Wildman–Crippen LogP) is 1.96. The van der Waals surface area contributed by atoms with Gasteiger partial charge in [-0.3, -0.25) is 9.59 Å². The molecule has 3 rings (SSSR count). The van der Waals surface area contributed by atoms with Crippen molar-refractivity contribution in [2.75, 3.05) is 0 Å². The number of H-pyrrole nitrogens is 3. The lowest BCUT2D eigenvalue weighted by atomic mass is 9.90. The van der Waals surface area contributed by atoms with Crippen molar-refractivity contribution >= 4 is 23.9 Å². The molecular weight excluding hydrogens is 366 g/mol. The molecule has 0 spiro atoms. The molecule has 29 heavy (non-hydrogen) atoms. The number of imidazole rings is 1. The summed E-state index contributed by atoms with van der Waals surface area (Å²) in [5.41, 5.74) is 1.83. The molecule has 3 aromatic rings. The van der Waals surface area contributed by atoms with E-state index in [4.69, 9.17) is 6.57 Å². The number of allylic oxidation sites excluding steroid dienone is 1. The number of aromatic nitrogens is 4. The molecule has 7 heteroatoms. The molecular formula is C22H21N5O2. The Hall–Kier alpha value is -3.92. The van der Waals surface area contributed by atoms with Gasteiger partial charge in [-0.2, -0.15) is 0 Å². The number of hydrogen-bond acceptors (Lipinski definition) is 3. The van der Waals surface area contributed by atoms with Crippen molar-refractivity contribution in [3.05, 3.63) is 96.4 Å². The second-order valence-corrected chi connectivity index (χ2v) is 7.53. The van der Waals surface area contributed by atoms with E-state index in [0.717, 1.165) is 11.3 Å². The standard InChI is InChI=1S/C22H21N5O2/c1-22(2,3)19-17(24-13-25-19)12-18-21(29)26-16(20(28)27-18)10-6-8-14-7-5-9-15(11-14)23-4/h5-13H,1-3H3,(H,24,25)(H,26,29)(H,27,28)/b8-6+,16-10-,18-12-. The summed E-state index contributed by atoms with van der Waals surface area (Å²) in [5, 5.41) is 0.279. The average Bonchev–Trinajstić information content (AvgIpc) is 3.14. The molecule has 0 bridgehead atoms. The summed E-state index contributed by atoms with van der Waals surface area (Å²) in [7, 11) is 0. The van der Waals surface area contributed by atoms with Gasteiger partial charge in [0.1, 0.15) is 10.7 Å². The Morgan fingerprint density at radius 2 is 1.83 bits per heavy atom. The van der Waals surface area contributed by atoms with E-state index in [-0.39, 0.29) is 16.1 Å². The second-order valence-electron chi connectivity index (χ2n) is 7.53. The summed E-state index contributed by atoms with van der Waals surface area (Å²) >= 11 is 0. The Morgan fingerprint density at radius 3 is 2.55 bits per heavy atom. The van der Waals surface area contributed by atoms with Gasteiger partial charge in [-0.1, -0.05) is 51.1 Å². The normalized spacial score (nSPS) is 13.2. The molecule has 0 unspecified atom stereocenters.